The Morgan fingerprint density at radius 2 is 1.42 bits per heavy atom. The van der Waals surface area contributed by atoms with Crippen molar-refractivity contribution in [2.24, 2.45) is 5.92 Å². The summed E-state index contributed by atoms with van der Waals surface area (Å²) in [5.41, 5.74) is 3.67. The Hall–Kier alpha value is -5.32. The van der Waals surface area contributed by atoms with Gasteiger partial charge in [0.2, 0.25) is 0 Å². The van der Waals surface area contributed by atoms with Crippen LogP contribution in [0.2, 0.25) is 0 Å². The number of alkyl halides is 3. The number of ether oxygens (including phenoxy) is 1. The molecule has 0 spiro atoms. The first-order valence-electron chi connectivity index (χ1n) is 17.1. The predicted octanol–water partition coefficient (Wildman–Crippen LogP) is 9.13. The van der Waals surface area contributed by atoms with Crippen LogP contribution in [-0.4, -0.2) is 52.7 Å². The fraction of sp³-hybridized carbons (Fsp3) is 0.341. The topological polar surface area (TPSA) is 96.4 Å². The molecule has 0 bridgehead atoms. The van der Waals surface area contributed by atoms with Crippen LogP contribution < -0.4 is 4.84 Å². The van der Waals surface area contributed by atoms with Crippen LogP contribution in [0.4, 0.5) is 18.0 Å². The normalized spacial score (nSPS) is 13.7. The lowest BCUT2D eigenvalue weighted by Gasteiger charge is -2.29. The maximum absolute atomic E-state index is 14.2. The molecule has 1 aliphatic rings. The van der Waals surface area contributed by atoms with Crippen molar-refractivity contribution in [3.8, 4) is 16.9 Å². The van der Waals surface area contributed by atoms with Gasteiger partial charge in [-0.15, -0.1) is 0 Å². The summed E-state index contributed by atoms with van der Waals surface area (Å²) in [7, 11) is 0. The number of benzene rings is 4. The molecule has 4 aromatic carbocycles. The number of hydrogen-bond acceptors (Lipinski definition) is 5. The molecule has 1 atom stereocenters. The molecule has 4 aromatic rings. The van der Waals surface area contributed by atoms with Gasteiger partial charge in [0.25, 0.3) is 5.91 Å². The van der Waals surface area contributed by atoms with Crippen molar-refractivity contribution in [2.45, 2.75) is 65.1 Å². The van der Waals surface area contributed by atoms with E-state index in [1.54, 1.807) is 53.4 Å². The summed E-state index contributed by atoms with van der Waals surface area (Å²) in [4.78, 5) is 47.4. The molecule has 0 saturated carbocycles. The number of aliphatic carboxylic acids is 1. The zero-order chi connectivity index (χ0) is 37.8. The smallest absolute Gasteiger partial charge is 0.416 e. The number of rotatable bonds is 10. The Balaban J connectivity index is 1.42. The van der Waals surface area contributed by atoms with Gasteiger partial charge in [0.1, 0.15) is 5.92 Å². The summed E-state index contributed by atoms with van der Waals surface area (Å²) in [6, 6.07) is 23.6. The van der Waals surface area contributed by atoms with Crippen molar-refractivity contribution in [3.05, 3.63) is 124 Å². The zero-order valence-corrected chi connectivity index (χ0v) is 29.9. The molecule has 0 fully saturated rings. The highest BCUT2D eigenvalue weighted by molar-refractivity contribution is 5.94. The maximum atomic E-state index is 14.2. The quantitative estimate of drug-likeness (QED) is 0.165. The Kier molecular flexibility index (Phi) is 11.3. The SMILES string of the molecule is CC(C)COC(=O)N1CCc2ccc(C(=O)N(CC(C(=O)O)c3ccc(-c4ccc(C(F)(F)F)cc4)cc3)Oc3ccc(C(C)(C)C)cc3)cc2C1. The largest absolute Gasteiger partial charge is 0.481 e. The molecule has 0 radical (unpaired) electrons. The van der Waals surface area contributed by atoms with Gasteiger partial charge in [0.15, 0.2) is 5.75 Å². The summed E-state index contributed by atoms with van der Waals surface area (Å²) >= 11 is 0. The lowest BCUT2D eigenvalue weighted by molar-refractivity contribution is -0.141. The van der Waals surface area contributed by atoms with Crippen molar-refractivity contribution in [2.75, 3.05) is 19.7 Å². The van der Waals surface area contributed by atoms with Gasteiger partial charge < -0.3 is 19.6 Å². The Labute approximate surface area is 301 Å². The molecule has 11 heteroatoms. The minimum atomic E-state index is -4.46. The molecular formula is C41H43F3N2O6. The van der Waals surface area contributed by atoms with Crippen LogP contribution in [0.1, 0.15) is 78.7 Å². The van der Waals surface area contributed by atoms with Gasteiger partial charge in [-0.1, -0.05) is 89.2 Å². The van der Waals surface area contributed by atoms with E-state index in [1.165, 1.54) is 12.1 Å². The van der Waals surface area contributed by atoms with Gasteiger partial charge in [-0.25, -0.2) is 4.79 Å². The second-order valence-corrected chi connectivity index (χ2v) is 14.4. The number of nitrogens with zero attached hydrogens (tertiary/aromatic N) is 2. The molecular weight excluding hydrogens is 673 g/mol. The van der Waals surface area contributed by atoms with Crippen molar-refractivity contribution < 1.29 is 42.2 Å². The number of carbonyl (C=O) groups excluding carboxylic acids is 2. The van der Waals surface area contributed by atoms with Crippen molar-refractivity contribution in [3.63, 3.8) is 0 Å². The third-order valence-corrected chi connectivity index (χ3v) is 8.93. The number of amides is 2. The van der Waals surface area contributed by atoms with E-state index >= 15 is 0 Å². The van der Waals surface area contributed by atoms with Crippen molar-refractivity contribution >= 4 is 18.0 Å². The average Bonchev–Trinajstić information content (AvgIpc) is 3.11. The van der Waals surface area contributed by atoms with Crippen LogP contribution in [0.25, 0.3) is 11.1 Å². The molecule has 8 nitrogen and oxygen atoms in total. The Morgan fingerprint density at radius 3 is 1.98 bits per heavy atom. The molecule has 5 rings (SSSR count). The van der Waals surface area contributed by atoms with Gasteiger partial charge in [-0.2, -0.15) is 18.2 Å². The molecule has 52 heavy (non-hydrogen) atoms. The fourth-order valence-electron chi connectivity index (χ4n) is 5.88. The number of hydroxylamine groups is 2. The summed E-state index contributed by atoms with van der Waals surface area (Å²) in [6.45, 7) is 10.8. The monoisotopic (exact) mass is 716 g/mol. The highest BCUT2D eigenvalue weighted by atomic mass is 19.4. The van der Waals surface area contributed by atoms with E-state index in [1.807, 2.05) is 32.0 Å². The number of fused-ring (bicyclic) bond motifs is 1. The molecule has 1 N–H and O–H groups in total. The molecule has 274 valence electrons. The van der Waals surface area contributed by atoms with Crippen LogP contribution in [0, 0.1) is 5.92 Å². The Bertz CT molecular complexity index is 1880. The van der Waals surface area contributed by atoms with E-state index in [4.69, 9.17) is 9.57 Å². The van der Waals surface area contributed by atoms with Crippen LogP contribution >= 0.6 is 0 Å². The van der Waals surface area contributed by atoms with E-state index in [0.717, 1.165) is 33.9 Å². The second kappa shape index (κ2) is 15.5. The van der Waals surface area contributed by atoms with Crippen molar-refractivity contribution in [1.29, 1.82) is 0 Å². The van der Waals surface area contributed by atoms with E-state index in [9.17, 15) is 32.7 Å². The lowest BCUT2D eigenvalue weighted by atomic mass is 9.87. The number of hydrogen-bond donors (Lipinski definition) is 1. The number of carbonyl (C=O) groups is 3. The van der Waals surface area contributed by atoms with Crippen LogP contribution in [0.3, 0.4) is 0 Å². The van der Waals surface area contributed by atoms with Crippen molar-refractivity contribution in [1.82, 2.24) is 9.96 Å². The first kappa shape index (κ1) is 37.9. The summed E-state index contributed by atoms with van der Waals surface area (Å²) in [5.74, 6) is -2.47. The van der Waals surface area contributed by atoms with Crippen LogP contribution in [0.5, 0.6) is 5.75 Å². The number of carboxylic acid groups (broad SMARTS) is 1. The van der Waals surface area contributed by atoms with Gasteiger partial charge in [0, 0.05) is 18.7 Å². The molecule has 1 unspecified atom stereocenters. The first-order chi connectivity index (χ1) is 24.5. The third-order valence-electron chi connectivity index (χ3n) is 8.93. The summed E-state index contributed by atoms with van der Waals surface area (Å²) < 4.78 is 44.6. The van der Waals surface area contributed by atoms with Gasteiger partial charge >= 0.3 is 18.2 Å². The van der Waals surface area contributed by atoms with E-state index in [2.05, 4.69) is 20.8 Å². The average molecular weight is 717 g/mol. The molecule has 0 aliphatic carbocycles. The minimum Gasteiger partial charge on any atom is -0.481 e. The van der Waals surface area contributed by atoms with E-state index < -0.39 is 35.6 Å². The minimum absolute atomic E-state index is 0.132. The zero-order valence-electron chi connectivity index (χ0n) is 29.9. The number of halogens is 3. The Morgan fingerprint density at radius 1 is 0.827 bits per heavy atom. The summed E-state index contributed by atoms with van der Waals surface area (Å²) in [5, 5.41) is 11.4. The third kappa shape index (κ3) is 9.31. The molecule has 0 saturated heterocycles. The van der Waals surface area contributed by atoms with Gasteiger partial charge in [-0.3, -0.25) is 9.59 Å². The summed E-state index contributed by atoms with van der Waals surface area (Å²) in [6.07, 6.45) is -4.30. The van der Waals surface area contributed by atoms with Crippen LogP contribution in [0.15, 0.2) is 91.0 Å². The molecule has 2 amide bonds. The van der Waals surface area contributed by atoms with E-state index in [-0.39, 0.29) is 30.0 Å². The molecule has 1 aliphatic heterocycles. The highest BCUT2D eigenvalue weighted by Gasteiger charge is 2.31. The van der Waals surface area contributed by atoms with E-state index in [0.29, 0.717) is 42.0 Å². The van der Waals surface area contributed by atoms with Gasteiger partial charge in [-0.05, 0) is 87.5 Å². The van der Waals surface area contributed by atoms with Crippen LogP contribution in [-0.2, 0) is 34.1 Å². The second-order valence-electron chi connectivity index (χ2n) is 14.4. The highest BCUT2D eigenvalue weighted by Crippen LogP contribution is 2.32. The van der Waals surface area contributed by atoms with Gasteiger partial charge in [0.05, 0.1) is 18.7 Å². The molecule has 0 aromatic heterocycles. The molecule has 1 heterocycles. The fourth-order valence-corrected chi connectivity index (χ4v) is 5.88. The first-order valence-corrected chi connectivity index (χ1v) is 17.1. The number of carboxylic acids is 1. The predicted molar refractivity (Wildman–Crippen MR) is 191 cm³/mol. The standard InChI is InChI=1S/C41H43F3N2O6/c1-26(2)25-51-39(50)45-21-20-29-8-11-31(22-32(29)23-45)37(47)46(52-35-18-16-33(17-19-35)40(3,4)5)24-36(38(48)49)30-9-6-27(7-10-30)28-12-14-34(15-13-28)41(42,43)44/h6-19,22,26,36H,20-21,23-25H2,1-5H3,(H,48,49). The maximum Gasteiger partial charge on any atom is 0.416 e. The lowest BCUT2D eigenvalue weighted by Crippen LogP contribution is -2.40.